The first-order chi connectivity index (χ1) is 9.25. The molecule has 0 bridgehead atoms. The van der Waals surface area contributed by atoms with E-state index in [9.17, 15) is 0 Å². The summed E-state index contributed by atoms with van der Waals surface area (Å²) in [6, 6.07) is 6.48. The summed E-state index contributed by atoms with van der Waals surface area (Å²) in [5, 5.41) is 0. The number of nitrogens with zero attached hydrogens (tertiary/aromatic N) is 1. The summed E-state index contributed by atoms with van der Waals surface area (Å²) in [6.07, 6.45) is 0. The first kappa shape index (κ1) is 13.1. The summed E-state index contributed by atoms with van der Waals surface area (Å²) >= 11 is 1.98. The Morgan fingerprint density at radius 3 is 2.89 bits per heavy atom. The maximum absolute atomic E-state index is 6.44. The Labute approximate surface area is 118 Å². The van der Waals surface area contributed by atoms with E-state index in [1.807, 2.05) is 23.9 Å². The highest BCUT2D eigenvalue weighted by atomic mass is 32.2. The highest BCUT2D eigenvalue weighted by Crippen LogP contribution is 2.34. The van der Waals surface area contributed by atoms with Crippen LogP contribution < -0.4 is 15.2 Å². The van der Waals surface area contributed by atoms with Gasteiger partial charge in [-0.05, 0) is 24.7 Å². The molecule has 3 rings (SSSR count). The fraction of sp³-hybridized carbons (Fsp3) is 0.571. The Morgan fingerprint density at radius 2 is 2.11 bits per heavy atom. The molecule has 1 fully saturated rings. The first-order valence-electron chi connectivity index (χ1n) is 6.69. The van der Waals surface area contributed by atoms with E-state index in [1.165, 1.54) is 5.75 Å². The Morgan fingerprint density at radius 1 is 1.32 bits per heavy atom. The van der Waals surface area contributed by atoms with Gasteiger partial charge in [0.05, 0.1) is 0 Å². The maximum Gasteiger partial charge on any atom is 0.161 e. The highest BCUT2D eigenvalue weighted by molar-refractivity contribution is 7.99. The monoisotopic (exact) mass is 280 g/mol. The van der Waals surface area contributed by atoms with Crippen molar-refractivity contribution >= 4 is 11.8 Å². The van der Waals surface area contributed by atoms with Crippen LogP contribution in [0, 0.1) is 0 Å². The van der Waals surface area contributed by atoms with Crippen LogP contribution in [-0.2, 0) is 0 Å². The van der Waals surface area contributed by atoms with Gasteiger partial charge in [-0.25, -0.2) is 0 Å². The molecule has 0 saturated carbocycles. The van der Waals surface area contributed by atoms with Crippen molar-refractivity contribution in [2.45, 2.75) is 12.1 Å². The lowest BCUT2D eigenvalue weighted by atomic mass is 9.99. The number of hydrogen-bond acceptors (Lipinski definition) is 5. The Bertz CT molecular complexity index is 455. The number of benzene rings is 1. The van der Waals surface area contributed by atoms with Crippen molar-refractivity contribution in [2.75, 3.05) is 38.3 Å². The molecule has 0 aromatic heterocycles. The molecule has 0 amide bonds. The van der Waals surface area contributed by atoms with Gasteiger partial charge in [0, 0.05) is 30.1 Å². The van der Waals surface area contributed by atoms with Crippen molar-refractivity contribution in [2.24, 2.45) is 5.73 Å². The van der Waals surface area contributed by atoms with Gasteiger partial charge in [-0.3, -0.25) is 4.90 Å². The second-order valence-corrected chi connectivity index (χ2v) is 6.20. The van der Waals surface area contributed by atoms with E-state index >= 15 is 0 Å². The van der Waals surface area contributed by atoms with Gasteiger partial charge >= 0.3 is 0 Å². The van der Waals surface area contributed by atoms with E-state index in [0.29, 0.717) is 19.3 Å². The number of thioether (sulfide) groups is 1. The number of nitrogens with two attached hydrogens (primary N) is 1. The highest BCUT2D eigenvalue weighted by Gasteiger charge is 2.27. The molecule has 2 aliphatic heterocycles. The maximum atomic E-state index is 6.44. The summed E-state index contributed by atoms with van der Waals surface area (Å²) in [4.78, 5) is 2.36. The van der Waals surface area contributed by atoms with Gasteiger partial charge in [-0.2, -0.15) is 11.8 Å². The quantitative estimate of drug-likeness (QED) is 0.890. The van der Waals surface area contributed by atoms with Crippen molar-refractivity contribution < 1.29 is 9.47 Å². The van der Waals surface area contributed by atoms with Gasteiger partial charge < -0.3 is 15.2 Å². The molecule has 104 valence electrons. The summed E-state index contributed by atoms with van der Waals surface area (Å²) in [7, 11) is 2.16. The zero-order valence-electron chi connectivity index (χ0n) is 11.2. The van der Waals surface area contributed by atoms with Crippen molar-refractivity contribution in [3.05, 3.63) is 23.8 Å². The van der Waals surface area contributed by atoms with Crippen LogP contribution in [0.4, 0.5) is 0 Å². The number of likely N-dealkylation sites (N-methyl/N-ethyl adjacent to an activating group) is 1. The second-order valence-electron chi connectivity index (χ2n) is 5.05. The summed E-state index contributed by atoms with van der Waals surface area (Å²) in [5.74, 6) is 3.94. The first-order valence-corrected chi connectivity index (χ1v) is 7.84. The van der Waals surface area contributed by atoms with Crippen LogP contribution >= 0.6 is 11.8 Å². The van der Waals surface area contributed by atoms with Crippen molar-refractivity contribution in [1.29, 1.82) is 0 Å². The van der Waals surface area contributed by atoms with Gasteiger partial charge in [0.25, 0.3) is 0 Å². The second kappa shape index (κ2) is 5.61. The molecular formula is C14H20N2O2S. The minimum Gasteiger partial charge on any atom is -0.486 e. The topological polar surface area (TPSA) is 47.7 Å². The van der Waals surface area contributed by atoms with Crippen molar-refractivity contribution in [3.8, 4) is 11.5 Å². The van der Waals surface area contributed by atoms with Crippen molar-refractivity contribution in [3.63, 3.8) is 0 Å². The molecule has 2 heterocycles. The molecule has 2 N–H and O–H groups in total. The van der Waals surface area contributed by atoms with Crippen LogP contribution in [0.2, 0.25) is 0 Å². The molecule has 4 nitrogen and oxygen atoms in total. The van der Waals surface area contributed by atoms with Gasteiger partial charge in [-0.15, -0.1) is 0 Å². The molecule has 2 atom stereocenters. The molecule has 19 heavy (non-hydrogen) atoms. The van der Waals surface area contributed by atoms with Gasteiger partial charge in [0.2, 0.25) is 0 Å². The zero-order chi connectivity index (χ0) is 13.2. The Hall–Kier alpha value is -0.910. The normalized spacial score (nSPS) is 25.1. The van der Waals surface area contributed by atoms with Crippen LogP contribution in [0.3, 0.4) is 0 Å². The minimum absolute atomic E-state index is 0.0219. The third-order valence-electron chi connectivity index (χ3n) is 3.81. The standard InChI is InChI=1S/C14H20N2O2S/c1-16-4-7-19-9-11(16)14(15)10-2-3-12-13(8-10)18-6-5-17-12/h2-3,8,11,14H,4-7,9,15H2,1H3. The molecular weight excluding hydrogens is 260 g/mol. The largest absolute Gasteiger partial charge is 0.486 e. The third kappa shape index (κ3) is 2.68. The van der Waals surface area contributed by atoms with Crippen LogP contribution in [0.5, 0.6) is 11.5 Å². The summed E-state index contributed by atoms with van der Waals surface area (Å²) in [5.41, 5.74) is 7.57. The van der Waals surface area contributed by atoms with E-state index in [1.54, 1.807) is 0 Å². The lowest BCUT2D eigenvalue weighted by Crippen LogP contribution is -2.46. The number of hydrogen-bond donors (Lipinski definition) is 1. The smallest absolute Gasteiger partial charge is 0.161 e. The molecule has 2 unspecified atom stereocenters. The number of ether oxygens (including phenoxy) is 2. The van der Waals surface area contributed by atoms with Gasteiger partial charge in [0.15, 0.2) is 11.5 Å². The molecule has 1 aromatic carbocycles. The molecule has 0 spiro atoms. The molecule has 0 radical (unpaired) electrons. The number of rotatable bonds is 2. The molecule has 0 aliphatic carbocycles. The van der Waals surface area contributed by atoms with E-state index in [-0.39, 0.29) is 6.04 Å². The lowest BCUT2D eigenvalue weighted by Gasteiger charge is -2.36. The van der Waals surface area contributed by atoms with Crippen LogP contribution in [0.15, 0.2) is 18.2 Å². The van der Waals surface area contributed by atoms with E-state index in [2.05, 4.69) is 18.0 Å². The minimum atomic E-state index is 0.0219. The predicted octanol–water partition coefficient (Wildman–Crippen LogP) is 1.50. The molecule has 1 saturated heterocycles. The van der Waals surface area contributed by atoms with Gasteiger partial charge in [-0.1, -0.05) is 6.07 Å². The van der Waals surface area contributed by atoms with E-state index in [0.717, 1.165) is 29.4 Å². The average molecular weight is 280 g/mol. The van der Waals surface area contributed by atoms with Crippen LogP contribution in [0.1, 0.15) is 11.6 Å². The molecule has 5 heteroatoms. The fourth-order valence-electron chi connectivity index (χ4n) is 2.57. The van der Waals surface area contributed by atoms with E-state index in [4.69, 9.17) is 15.2 Å². The number of fused-ring (bicyclic) bond motifs is 1. The van der Waals surface area contributed by atoms with Crippen LogP contribution in [0.25, 0.3) is 0 Å². The molecule has 2 aliphatic rings. The lowest BCUT2D eigenvalue weighted by molar-refractivity contribution is 0.171. The van der Waals surface area contributed by atoms with Crippen molar-refractivity contribution in [1.82, 2.24) is 4.90 Å². The Balaban J connectivity index is 1.80. The SMILES string of the molecule is CN1CCSCC1C(N)c1ccc2c(c1)OCCO2. The summed E-state index contributed by atoms with van der Waals surface area (Å²) < 4.78 is 11.2. The summed E-state index contributed by atoms with van der Waals surface area (Å²) in [6.45, 7) is 2.35. The predicted molar refractivity (Wildman–Crippen MR) is 78.1 cm³/mol. The Kier molecular flexibility index (Phi) is 3.86. The third-order valence-corrected chi connectivity index (χ3v) is 4.86. The average Bonchev–Trinajstić information content (AvgIpc) is 2.46. The van der Waals surface area contributed by atoms with Gasteiger partial charge in [0.1, 0.15) is 13.2 Å². The molecule has 1 aromatic rings. The van der Waals surface area contributed by atoms with E-state index < -0.39 is 0 Å². The zero-order valence-corrected chi connectivity index (χ0v) is 12.0. The van der Waals surface area contributed by atoms with Crippen LogP contribution in [-0.4, -0.2) is 49.3 Å². The fourth-order valence-corrected chi connectivity index (χ4v) is 3.86.